The average molecular weight is 401 g/mol. The van der Waals surface area contributed by atoms with Gasteiger partial charge >= 0.3 is 0 Å². The van der Waals surface area contributed by atoms with Crippen LogP contribution in [0.1, 0.15) is 46.9 Å². The van der Waals surface area contributed by atoms with Gasteiger partial charge in [-0.3, -0.25) is 9.48 Å². The van der Waals surface area contributed by atoms with E-state index in [9.17, 15) is 9.18 Å². The number of rotatable bonds is 6. The molecular formula is C25H24FN3O. The molecule has 1 atom stereocenters. The zero-order valence-electron chi connectivity index (χ0n) is 17.1. The summed E-state index contributed by atoms with van der Waals surface area (Å²) in [6.07, 6.45) is 2.77. The number of amides is 1. The minimum Gasteiger partial charge on any atom is -0.346 e. The lowest BCUT2D eigenvalue weighted by atomic mass is 10.0. The van der Waals surface area contributed by atoms with E-state index in [1.807, 2.05) is 29.8 Å². The van der Waals surface area contributed by atoms with Crippen molar-refractivity contribution in [3.05, 3.63) is 101 Å². The van der Waals surface area contributed by atoms with Crippen LogP contribution in [0.3, 0.4) is 0 Å². The number of aryl methyl sites for hydroxylation is 1. The maximum atomic E-state index is 13.2. The van der Waals surface area contributed by atoms with Crippen LogP contribution in [-0.2, 0) is 13.0 Å². The quantitative estimate of drug-likeness (QED) is 0.478. The van der Waals surface area contributed by atoms with Gasteiger partial charge in [-0.25, -0.2) is 4.39 Å². The Hall–Kier alpha value is -3.47. The molecule has 4 rings (SSSR count). The highest BCUT2D eigenvalue weighted by atomic mass is 19.1. The molecule has 152 valence electrons. The van der Waals surface area contributed by atoms with Crippen molar-refractivity contribution in [3.63, 3.8) is 0 Å². The first-order chi connectivity index (χ1) is 14.5. The number of carbonyl (C=O) groups is 1. The van der Waals surface area contributed by atoms with Gasteiger partial charge in [0.15, 0.2) is 0 Å². The second kappa shape index (κ2) is 8.49. The third-order valence-electron chi connectivity index (χ3n) is 5.39. The Morgan fingerprint density at radius 3 is 2.43 bits per heavy atom. The summed E-state index contributed by atoms with van der Waals surface area (Å²) in [4.78, 5) is 12.8. The second-order valence-electron chi connectivity index (χ2n) is 7.49. The fourth-order valence-corrected chi connectivity index (χ4v) is 3.51. The first kappa shape index (κ1) is 19.8. The van der Waals surface area contributed by atoms with Gasteiger partial charge in [-0.05, 0) is 54.3 Å². The lowest BCUT2D eigenvalue weighted by molar-refractivity contribution is 0.0940. The van der Waals surface area contributed by atoms with Gasteiger partial charge in [0.1, 0.15) is 5.82 Å². The molecule has 1 heterocycles. The van der Waals surface area contributed by atoms with Crippen molar-refractivity contribution in [1.82, 2.24) is 15.1 Å². The molecule has 0 saturated heterocycles. The molecule has 4 aromatic rings. The number of hydrogen-bond acceptors (Lipinski definition) is 2. The van der Waals surface area contributed by atoms with Gasteiger partial charge in [0.2, 0.25) is 0 Å². The van der Waals surface area contributed by atoms with Crippen molar-refractivity contribution in [2.75, 3.05) is 0 Å². The Balaban J connectivity index is 1.53. The van der Waals surface area contributed by atoms with Gasteiger partial charge in [-0.2, -0.15) is 5.10 Å². The van der Waals surface area contributed by atoms with Crippen molar-refractivity contribution in [2.45, 2.75) is 32.9 Å². The Labute approximate surface area is 175 Å². The molecule has 0 bridgehead atoms. The molecule has 0 radical (unpaired) electrons. The standard InChI is InChI=1S/C25H24FN3O/c1-3-18-4-8-20(9-5-18)17(2)28-25(30)21-10-11-22-15-27-29(24(22)14-21)16-19-6-12-23(26)13-7-19/h4-15,17H,3,16H2,1-2H3,(H,28,30)/t17-/m1/s1. The summed E-state index contributed by atoms with van der Waals surface area (Å²) in [5.41, 5.74) is 4.74. The molecule has 1 N–H and O–H groups in total. The number of halogens is 1. The first-order valence-corrected chi connectivity index (χ1v) is 10.1. The summed E-state index contributed by atoms with van der Waals surface area (Å²) in [6, 6.07) is 20.1. The summed E-state index contributed by atoms with van der Waals surface area (Å²) in [7, 11) is 0. The average Bonchev–Trinajstić information content (AvgIpc) is 3.17. The zero-order valence-corrected chi connectivity index (χ0v) is 17.1. The third-order valence-corrected chi connectivity index (χ3v) is 5.39. The molecule has 0 saturated carbocycles. The third kappa shape index (κ3) is 4.25. The van der Waals surface area contributed by atoms with Gasteiger partial charge in [0.25, 0.3) is 5.91 Å². The van der Waals surface area contributed by atoms with Crippen molar-refractivity contribution >= 4 is 16.8 Å². The number of hydrogen-bond donors (Lipinski definition) is 1. The van der Waals surface area contributed by atoms with Gasteiger partial charge < -0.3 is 5.32 Å². The molecule has 0 aliphatic carbocycles. The fraction of sp³-hybridized carbons (Fsp3) is 0.200. The maximum Gasteiger partial charge on any atom is 0.251 e. The Kier molecular flexibility index (Phi) is 5.61. The van der Waals surface area contributed by atoms with Crippen LogP contribution < -0.4 is 5.32 Å². The molecule has 0 fully saturated rings. The molecule has 5 heteroatoms. The van der Waals surface area contributed by atoms with Gasteiger partial charge in [-0.15, -0.1) is 0 Å². The largest absolute Gasteiger partial charge is 0.346 e. The summed E-state index contributed by atoms with van der Waals surface area (Å²) in [5.74, 6) is -0.389. The van der Waals surface area contributed by atoms with E-state index in [0.29, 0.717) is 12.1 Å². The first-order valence-electron chi connectivity index (χ1n) is 10.1. The number of nitrogens with zero attached hydrogens (tertiary/aromatic N) is 2. The van der Waals surface area contributed by atoms with Crippen LogP contribution in [0.4, 0.5) is 4.39 Å². The predicted octanol–water partition coefficient (Wildman–Crippen LogP) is 5.28. The van der Waals surface area contributed by atoms with Crippen LogP contribution in [0.15, 0.2) is 72.9 Å². The minimum atomic E-state index is -0.263. The van der Waals surface area contributed by atoms with Crippen LogP contribution in [-0.4, -0.2) is 15.7 Å². The highest BCUT2D eigenvalue weighted by Crippen LogP contribution is 2.19. The molecule has 30 heavy (non-hydrogen) atoms. The van der Waals surface area contributed by atoms with Crippen molar-refractivity contribution in [2.24, 2.45) is 0 Å². The Morgan fingerprint density at radius 1 is 1.03 bits per heavy atom. The van der Waals surface area contributed by atoms with E-state index in [-0.39, 0.29) is 17.8 Å². The van der Waals surface area contributed by atoms with E-state index in [1.165, 1.54) is 17.7 Å². The summed E-state index contributed by atoms with van der Waals surface area (Å²) >= 11 is 0. The van der Waals surface area contributed by atoms with E-state index in [2.05, 4.69) is 41.6 Å². The summed E-state index contributed by atoms with van der Waals surface area (Å²) < 4.78 is 15.0. The van der Waals surface area contributed by atoms with E-state index in [0.717, 1.165) is 28.5 Å². The van der Waals surface area contributed by atoms with Crippen LogP contribution in [0, 0.1) is 5.82 Å². The lowest BCUT2D eigenvalue weighted by Gasteiger charge is -2.15. The Morgan fingerprint density at radius 2 is 1.73 bits per heavy atom. The maximum absolute atomic E-state index is 13.2. The highest BCUT2D eigenvalue weighted by Gasteiger charge is 2.13. The van der Waals surface area contributed by atoms with E-state index >= 15 is 0 Å². The summed E-state index contributed by atoms with van der Waals surface area (Å²) in [5, 5.41) is 8.46. The minimum absolute atomic E-state index is 0.0942. The highest BCUT2D eigenvalue weighted by molar-refractivity contribution is 5.98. The predicted molar refractivity (Wildman–Crippen MR) is 117 cm³/mol. The molecule has 4 nitrogen and oxygen atoms in total. The van der Waals surface area contributed by atoms with Gasteiger partial charge in [0.05, 0.1) is 24.3 Å². The number of fused-ring (bicyclic) bond motifs is 1. The topological polar surface area (TPSA) is 46.9 Å². The van der Waals surface area contributed by atoms with Crippen LogP contribution in [0.5, 0.6) is 0 Å². The smallest absolute Gasteiger partial charge is 0.251 e. The second-order valence-corrected chi connectivity index (χ2v) is 7.49. The Bertz CT molecular complexity index is 1160. The number of carbonyl (C=O) groups excluding carboxylic acids is 1. The summed E-state index contributed by atoms with van der Waals surface area (Å²) in [6.45, 7) is 4.61. The van der Waals surface area contributed by atoms with Crippen LogP contribution in [0.25, 0.3) is 10.9 Å². The van der Waals surface area contributed by atoms with Crippen LogP contribution >= 0.6 is 0 Å². The number of benzene rings is 3. The van der Waals surface area contributed by atoms with E-state index in [4.69, 9.17) is 0 Å². The van der Waals surface area contributed by atoms with Gasteiger partial charge in [0, 0.05) is 10.9 Å². The molecule has 0 aliphatic heterocycles. The number of aromatic nitrogens is 2. The number of nitrogens with one attached hydrogen (secondary N) is 1. The molecule has 3 aromatic carbocycles. The molecule has 0 spiro atoms. The van der Waals surface area contributed by atoms with Crippen molar-refractivity contribution in [3.8, 4) is 0 Å². The molecule has 1 aromatic heterocycles. The van der Waals surface area contributed by atoms with Crippen LogP contribution in [0.2, 0.25) is 0 Å². The fourth-order valence-electron chi connectivity index (χ4n) is 3.51. The van der Waals surface area contributed by atoms with Gasteiger partial charge in [-0.1, -0.05) is 49.4 Å². The van der Waals surface area contributed by atoms with E-state index < -0.39 is 0 Å². The zero-order chi connectivity index (χ0) is 21.1. The molecule has 0 unspecified atom stereocenters. The van der Waals surface area contributed by atoms with E-state index in [1.54, 1.807) is 18.3 Å². The SMILES string of the molecule is CCc1ccc([C@@H](C)NC(=O)c2ccc3cnn(Cc4ccc(F)cc4)c3c2)cc1. The molecule has 1 amide bonds. The normalized spacial score (nSPS) is 12.1. The lowest BCUT2D eigenvalue weighted by Crippen LogP contribution is -2.26. The monoisotopic (exact) mass is 401 g/mol. The van der Waals surface area contributed by atoms with Crippen molar-refractivity contribution < 1.29 is 9.18 Å². The molecule has 0 aliphatic rings. The molecular weight excluding hydrogens is 377 g/mol. The van der Waals surface area contributed by atoms with Crippen molar-refractivity contribution in [1.29, 1.82) is 0 Å².